The molecule has 0 amide bonds. The Balaban J connectivity index is 2.27. The van der Waals surface area contributed by atoms with Crippen LogP contribution in [-0.4, -0.2) is 36.5 Å². The Kier molecular flexibility index (Phi) is 7.13. The number of halogens is 12. The molecule has 2 nitrogen and oxygen atoms in total. The minimum atomic E-state index is -6.50. The van der Waals surface area contributed by atoms with Gasteiger partial charge in [-0.2, -0.15) is 0 Å². The van der Waals surface area contributed by atoms with Gasteiger partial charge in [0.2, 0.25) is 0 Å². The first-order valence-corrected chi connectivity index (χ1v) is 14.7. The van der Waals surface area contributed by atoms with Gasteiger partial charge in [-0.25, -0.2) is 0 Å². The Morgan fingerprint density at radius 1 is 0.667 bits per heavy atom. The predicted molar refractivity (Wildman–Crippen MR) is 131 cm³/mol. The predicted octanol–water partition coefficient (Wildman–Crippen LogP) is 7.91. The molecule has 3 aromatic carbocycles. The van der Waals surface area contributed by atoms with Crippen LogP contribution >= 0.6 is 6.83 Å². The fourth-order valence-corrected chi connectivity index (χ4v) is 11.3. The average molecular weight is 636 g/mol. The first-order chi connectivity index (χ1) is 18.9. The van der Waals surface area contributed by atoms with Gasteiger partial charge >= 0.3 is 230 Å². The van der Waals surface area contributed by atoms with Crippen LogP contribution in [0.4, 0.5) is 52.7 Å². The van der Waals surface area contributed by atoms with Gasteiger partial charge in [-0.05, 0) is 0 Å². The van der Waals surface area contributed by atoms with Crippen molar-refractivity contribution in [2.45, 2.75) is 49.0 Å². The van der Waals surface area contributed by atoms with Crippen molar-refractivity contribution in [1.29, 1.82) is 0 Å². The van der Waals surface area contributed by atoms with Gasteiger partial charge in [0.25, 0.3) is 0 Å². The summed E-state index contributed by atoms with van der Waals surface area (Å²) in [6.45, 7) is -3.69. The zero-order valence-electron chi connectivity index (χ0n) is 21.5. The number of fused-ring (bicyclic) bond motifs is 1. The Labute approximate surface area is 230 Å². The van der Waals surface area contributed by atoms with Gasteiger partial charge in [0.15, 0.2) is 0 Å². The van der Waals surface area contributed by atoms with Gasteiger partial charge in [-0.15, -0.1) is 0 Å². The summed E-state index contributed by atoms with van der Waals surface area (Å²) in [5.74, 6) is 0. The van der Waals surface area contributed by atoms with E-state index in [4.69, 9.17) is 4.52 Å². The third-order valence-corrected chi connectivity index (χ3v) is 12.7. The molecule has 4 rings (SSSR count). The number of alkyl halides is 12. The summed E-state index contributed by atoms with van der Waals surface area (Å²) in [6, 6.07) is 10.6. The number of benzene rings is 3. The summed E-state index contributed by atoms with van der Waals surface area (Å²) in [5, 5.41) is 8.26. The molecule has 3 aromatic rings. The van der Waals surface area contributed by atoms with Crippen molar-refractivity contribution in [2.75, 3.05) is 6.66 Å². The second kappa shape index (κ2) is 9.33. The monoisotopic (exact) mass is 636 g/mol. The SMILES string of the molecule is Cc1ccc(CP2(C)(c3ccccc3C(O)(C(F)(F)F)C(F)(F)F)OC(C(F)(F)F)(C(F)(F)F)c3ccccc32)cc1. The van der Waals surface area contributed by atoms with E-state index in [1.54, 1.807) is 6.92 Å². The van der Waals surface area contributed by atoms with Gasteiger partial charge in [-0.3, -0.25) is 0 Å². The number of rotatable bonds is 4. The molecule has 0 saturated heterocycles. The summed E-state index contributed by atoms with van der Waals surface area (Å²) in [4.78, 5) is 0. The molecule has 1 heterocycles. The van der Waals surface area contributed by atoms with E-state index in [9.17, 15) is 57.8 Å². The van der Waals surface area contributed by atoms with Crippen LogP contribution in [0.2, 0.25) is 0 Å². The van der Waals surface area contributed by atoms with E-state index < -0.39 is 70.6 Å². The molecule has 0 spiro atoms. The standard InChI is InChI=1S/C27H21F12O2P/c1-16-11-13-17(14-12-16)15-42(2,20-9-5-3-7-18(20)22(40,24(28,29)30)25(31,32)33)21-10-6-4-8-19(21)23(41-42,26(34,35)36)27(37,38)39/h3-14,40H,15H2,1-2H3. The van der Waals surface area contributed by atoms with E-state index in [0.29, 0.717) is 30.4 Å². The minimum absolute atomic E-state index is 0.0342. The van der Waals surface area contributed by atoms with Crippen LogP contribution < -0.4 is 10.6 Å². The molecule has 0 bridgehead atoms. The number of aryl methyl sites for hydroxylation is 1. The second-order valence-electron chi connectivity index (χ2n) is 10.3. The quantitative estimate of drug-likeness (QED) is 0.233. The first kappa shape index (κ1) is 32.1. The van der Waals surface area contributed by atoms with Crippen LogP contribution in [0, 0.1) is 6.92 Å². The first-order valence-electron chi connectivity index (χ1n) is 11.9. The van der Waals surface area contributed by atoms with E-state index in [1.807, 2.05) is 0 Å². The van der Waals surface area contributed by atoms with E-state index in [-0.39, 0.29) is 11.6 Å². The molecule has 1 aliphatic heterocycles. The second-order valence-corrected chi connectivity index (χ2v) is 15.2. The van der Waals surface area contributed by atoms with Crippen molar-refractivity contribution in [3.8, 4) is 0 Å². The van der Waals surface area contributed by atoms with E-state index in [0.717, 1.165) is 24.3 Å². The molecule has 0 atom stereocenters. The fraction of sp³-hybridized carbons (Fsp3) is 0.333. The van der Waals surface area contributed by atoms with Gasteiger partial charge in [0.1, 0.15) is 0 Å². The molecular weight excluding hydrogens is 615 g/mol. The third kappa shape index (κ3) is 4.31. The van der Waals surface area contributed by atoms with Gasteiger partial charge in [-0.1, -0.05) is 0 Å². The van der Waals surface area contributed by atoms with Crippen molar-refractivity contribution in [3.63, 3.8) is 0 Å². The van der Waals surface area contributed by atoms with E-state index >= 15 is 0 Å². The molecule has 0 radical (unpaired) electrons. The molecule has 0 aliphatic carbocycles. The normalized spacial score (nSPS) is 19.5. The summed E-state index contributed by atoms with van der Waals surface area (Å²) in [5.41, 5.74) is -13.8. The molecule has 0 unspecified atom stereocenters. The van der Waals surface area contributed by atoms with E-state index in [1.165, 1.54) is 24.3 Å². The van der Waals surface area contributed by atoms with Crippen molar-refractivity contribution >= 4 is 17.4 Å². The molecule has 15 heteroatoms. The maximum absolute atomic E-state index is 14.7. The van der Waals surface area contributed by atoms with Crippen LogP contribution in [0.15, 0.2) is 72.8 Å². The van der Waals surface area contributed by atoms with Crippen LogP contribution in [0.25, 0.3) is 0 Å². The molecule has 1 aliphatic rings. The molecular formula is C27H21F12O2P. The average Bonchev–Trinajstić information content (AvgIpc) is 3.12. The number of aliphatic hydroxyl groups is 1. The molecule has 230 valence electrons. The Morgan fingerprint density at radius 3 is 1.60 bits per heavy atom. The van der Waals surface area contributed by atoms with Crippen LogP contribution in [-0.2, 0) is 21.9 Å². The Bertz CT molecular complexity index is 1460. The van der Waals surface area contributed by atoms with E-state index in [2.05, 4.69) is 0 Å². The molecule has 0 fully saturated rings. The van der Waals surface area contributed by atoms with Crippen molar-refractivity contribution in [3.05, 3.63) is 95.1 Å². The topological polar surface area (TPSA) is 29.5 Å². The molecule has 0 saturated carbocycles. The van der Waals surface area contributed by atoms with Crippen LogP contribution in [0.5, 0.6) is 0 Å². The maximum atomic E-state index is 14.7. The fourth-order valence-electron chi connectivity index (χ4n) is 5.59. The summed E-state index contributed by atoms with van der Waals surface area (Å²) in [6.07, 6.45) is -26.5. The number of hydrogen-bond acceptors (Lipinski definition) is 2. The van der Waals surface area contributed by atoms with Gasteiger partial charge in [0, 0.05) is 0 Å². The van der Waals surface area contributed by atoms with Crippen molar-refractivity contribution in [2.24, 2.45) is 0 Å². The van der Waals surface area contributed by atoms with Crippen LogP contribution in [0.1, 0.15) is 22.3 Å². The molecule has 0 aromatic heterocycles. The van der Waals surface area contributed by atoms with Crippen LogP contribution in [0.3, 0.4) is 0 Å². The number of hydrogen-bond donors (Lipinski definition) is 1. The van der Waals surface area contributed by atoms with Crippen molar-refractivity contribution < 1.29 is 62.3 Å². The zero-order valence-corrected chi connectivity index (χ0v) is 22.4. The Morgan fingerprint density at radius 2 is 1.12 bits per heavy atom. The summed E-state index contributed by atoms with van der Waals surface area (Å²) < 4.78 is 178. The summed E-state index contributed by atoms with van der Waals surface area (Å²) >= 11 is 0. The van der Waals surface area contributed by atoms with Crippen molar-refractivity contribution in [1.82, 2.24) is 0 Å². The third-order valence-electron chi connectivity index (χ3n) is 7.52. The summed E-state index contributed by atoms with van der Waals surface area (Å²) in [7, 11) is 0. The van der Waals surface area contributed by atoms with Gasteiger partial charge in [0.05, 0.1) is 0 Å². The van der Waals surface area contributed by atoms with Gasteiger partial charge < -0.3 is 0 Å². The Hall–Kier alpha value is -2.83. The molecule has 42 heavy (non-hydrogen) atoms. The molecule has 1 N–H and O–H groups in total. The zero-order chi connectivity index (χ0) is 31.8.